The minimum absolute atomic E-state index is 0.517. The number of halogens is 1. The molecule has 0 aliphatic carbocycles. The third-order valence-electron chi connectivity index (χ3n) is 2.80. The summed E-state index contributed by atoms with van der Waals surface area (Å²) in [6, 6.07) is 6.13. The number of benzene rings is 1. The first-order valence-electron chi connectivity index (χ1n) is 6.09. The van der Waals surface area contributed by atoms with Gasteiger partial charge in [-0.3, -0.25) is 0 Å². The molecule has 0 saturated heterocycles. The molecule has 5 heteroatoms. The van der Waals surface area contributed by atoms with Crippen LogP contribution < -0.4 is 10.1 Å². The highest BCUT2D eigenvalue weighted by Crippen LogP contribution is 2.27. The quantitative estimate of drug-likeness (QED) is 0.898. The van der Waals surface area contributed by atoms with E-state index < -0.39 is 0 Å². The Bertz CT molecular complexity index is 549. The van der Waals surface area contributed by atoms with Crippen LogP contribution in [0.5, 0.6) is 5.75 Å². The van der Waals surface area contributed by atoms with Gasteiger partial charge in [-0.25, -0.2) is 4.98 Å². The molecule has 1 N–H and O–H groups in total. The Morgan fingerprint density at radius 2 is 2.16 bits per heavy atom. The Labute approximate surface area is 126 Å². The molecule has 1 heterocycles. The van der Waals surface area contributed by atoms with E-state index in [9.17, 15) is 0 Å². The van der Waals surface area contributed by atoms with Crippen LogP contribution in [-0.4, -0.2) is 12.0 Å². The molecule has 0 saturated carbocycles. The largest absolute Gasteiger partial charge is 0.485 e. The molecule has 19 heavy (non-hydrogen) atoms. The van der Waals surface area contributed by atoms with Crippen LogP contribution in [0.2, 0.25) is 0 Å². The van der Waals surface area contributed by atoms with Gasteiger partial charge in [0.2, 0.25) is 0 Å². The Morgan fingerprint density at radius 3 is 2.74 bits per heavy atom. The number of hydrogen-bond acceptors (Lipinski definition) is 4. The van der Waals surface area contributed by atoms with Gasteiger partial charge in [0, 0.05) is 11.4 Å². The van der Waals surface area contributed by atoms with E-state index in [-0.39, 0.29) is 0 Å². The number of ether oxygens (including phenoxy) is 1. The highest BCUT2D eigenvalue weighted by molar-refractivity contribution is 9.10. The number of aromatic nitrogens is 1. The zero-order chi connectivity index (χ0) is 13.8. The average Bonchev–Trinajstić information content (AvgIpc) is 2.68. The summed E-state index contributed by atoms with van der Waals surface area (Å²) in [6.07, 6.45) is 0. The van der Waals surface area contributed by atoms with Crippen LogP contribution >= 0.6 is 27.3 Å². The fraction of sp³-hybridized carbons (Fsp3) is 0.357. The highest BCUT2D eigenvalue weighted by Gasteiger charge is 2.07. The van der Waals surface area contributed by atoms with Gasteiger partial charge in [0.15, 0.2) is 0 Å². The second kappa shape index (κ2) is 6.50. The summed E-state index contributed by atoms with van der Waals surface area (Å²) in [6.45, 7) is 5.48. The molecule has 0 aliphatic heterocycles. The van der Waals surface area contributed by atoms with Crippen molar-refractivity contribution in [2.75, 3.05) is 7.05 Å². The summed E-state index contributed by atoms with van der Waals surface area (Å²) in [4.78, 5) is 5.72. The lowest BCUT2D eigenvalue weighted by Crippen LogP contribution is -2.05. The van der Waals surface area contributed by atoms with Crippen molar-refractivity contribution in [1.82, 2.24) is 10.3 Å². The Morgan fingerprint density at radius 1 is 1.37 bits per heavy atom. The molecule has 102 valence electrons. The second-order valence-electron chi connectivity index (χ2n) is 4.33. The number of thiazole rings is 1. The molecule has 0 atom stereocenters. The topological polar surface area (TPSA) is 34.1 Å². The fourth-order valence-corrected chi connectivity index (χ4v) is 3.10. The van der Waals surface area contributed by atoms with Crippen molar-refractivity contribution in [2.24, 2.45) is 0 Å². The molecule has 1 aromatic heterocycles. The van der Waals surface area contributed by atoms with Gasteiger partial charge in [-0.05, 0) is 54.5 Å². The maximum atomic E-state index is 5.80. The first-order valence-corrected chi connectivity index (χ1v) is 7.70. The molecular formula is C14H17BrN2OS. The number of nitrogens with one attached hydrogen (secondary N) is 1. The molecule has 3 nitrogen and oxygen atoms in total. The molecule has 0 bridgehead atoms. The molecule has 0 spiro atoms. The fourth-order valence-electron chi connectivity index (χ4n) is 1.72. The Hall–Kier alpha value is -0.910. The molecule has 1 aromatic carbocycles. The maximum absolute atomic E-state index is 5.80. The van der Waals surface area contributed by atoms with Crippen molar-refractivity contribution in [1.29, 1.82) is 0 Å². The Kier molecular flexibility index (Phi) is 4.96. The van der Waals surface area contributed by atoms with E-state index in [0.29, 0.717) is 6.61 Å². The SMILES string of the molecule is CNCc1ccc(OCc2nc(C)c(C)s2)c(Br)c1. The zero-order valence-corrected chi connectivity index (χ0v) is 13.7. The predicted molar refractivity (Wildman–Crippen MR) is 82.8 cm³/mol. The lowest BCUT2D eigenvalue weighted by Gasteiger charge is -2.08. The molecule has 0 fully saturated rings. The Balaban J connectivity index is 2.03. The van der Waals surface area contributed by atoms with Crippen LogP contribution in [0.15, 0.2) is 22.7 Å². The summed E-state index contributed by atoms with van der Waals surface area (Å²) in [5.41, 5.74) is 2.31. The van der Waals surface area contributed by atoms with Gasteiger partial charge in [0.05, 0.1) is 10.2 Å². The van der Waals surface area contributed by atoms with Gasteiger partial charge in [-0.15, -0.1) is 11.3 Å². The normalized spacial score (nSPS) is 10.7. The lowest BCUT2D eigenvalue weighted by molar-refractivity contribution is 0.303. The molecular weight excluding hydrogens is 324 g/mol. The van der Waals surface area contributed by atoms with Gasteiger partial charge < -0.3 is 10.1 Å². The number of aryl methyl sites for hydroxylation is 2. The first-order chi connectivity index (χ1) is 9.10. The van der Waals surface area contributed by atoms with Crippen LogP contribution in [0.4, 0.5) is 0 Å². The molecule has 0 amide bonds. The van der Waals surface area contributed by atoms with Crippen molar-refractivity contribution < 1.29 is 4.74 Å². The summed E-state index contributed by atoms with van der Waals surface area (Å²) < 4.78 is 6.78. The summed E-state index contributed by atoms with van der Waals surface area (Å²) >= 11 is 5.23. The minimum atomic E-state index is 0.517. The van der Waals surface area contributed by atoms with Crippen molar-refractivity contribution >= 4 is 27.3 Å². The van der Waals surface area contributed by atoms with Gasteiger partial charge >= 0.3 is 0 Å². The standard InChI is InChI=1S/C14H17BrN2OS/c1-9-10(2)19-14(17-9)8-18-13-5-4-11(7-16-3)6-12(13)15/h4-6,16H,7-8H2,1-3H3. The smallest absolute Gasteiger partial charge is 0.140 e. The number of hydrogen-bond donors (Lipinski definition) is 1. The van der Waals surface area contributed by atoms with Gasteiger partial charge in [0.1, 0.15) is 17.4 Å². The lowest BCUT2D eigenvalue weighted by atomic mass is 10.2. The summed E-state index contributed by atoms with van der Waals surface area (Å²) in [7, 11) is 1.94. The molecule has 2 aromatic rings. The number of rotatable bonds is 5. The van der Waals surface area contributed by atoms with E-state index in [1.807, 2.05) is 20.0 Å². The third kappa shape index (κ3) is 3.78. The van der Waals surface area contributed by atoms with E-state index >= 15 is 0 Å². The van der Waals surface area contributed by atoms with Crippen LogP contribution in [-0.2, 0) is 13.2 Å². The highest BCUT2D eigenvalue weighted by atomic mass is 79.9. The number of nitrogens with zero attached hydrogens (tertiary/aromatic N) is 1. The van der Waals surface area contributed by atoms with Gasteiger partial charge in [0.25, 0.3) is 0 Å². The van der Waals surface area contributed by atoms with E-state index in [1.165, 1.54) is 10.4 Å². The van der Waals surface area contributed by atoms with E-state index in [1.54, 1.807) is 11.3 Å². The monoisotopic (exact) mass is 340 g/mol. The van der Waals surface area contributed by atoms with Crippen LogP contribution in [0, 0.1) is 13.8 Å². The van der Waals surface area contributed by atoms with E-state index in [2.05, 4.69) is 45.3 Å². The molecule has 0 unspecified atom stereocenters. The molecule has 2 rings (SSSR count). The average molecular weight is 341 g/mol. The predicted octanol–water partition coefficient (Wildman–Crippen LogP) is 3.82. The second-order valence-corrected chi connectivity index (χ2v) is 6.48. The van der Waals surface area contributed by atoms with Crippen molar-refractivity contribution in [3.63, 3.8) is 0 Å². The van der Waals surface area contributed by atoms with Gasteiger partial charge in [-0.2, -0.15) is 0 Å². The van der Waals surface area contributed by atoms with Crippen molar-refractivity contribution in [3.8, 4) is 5.75 Å². The van der Waals surface area contributed by atoms with Crippen LogP contribution in [0.25, 0.3) is 0 Å². The third-order valence-corrected chi connectivity index (χ3v) is 4.47. The zero-order valence-electron chi connectivity index (χ0n) is 11.3. The van der Waals surface area contributed by atoms with Crippen molar-refractivity contribution in [3.05, 3.63) is 43.8 Å². The molecule has 0 radical (unpaired) electrons. The molecule has 0 aliphatic rings. The maximum Gasteiger partial charge on any atom is 0.140 e. The summed E-state index contributed by atoms with van der Waals surface area (Å²) in [5, 5.41) is 4.14. The van der Waals surface area contributed by atoms with E-state index in [4.69, 9.17) is 4.74 Å². The van der Waals surface area contributed by atoms with Crippen LogP contribution in [0.1, 0.15) is 21.1 Å². The van der Waals surface area contributed by atoms with Crippen LogP contribution in [0.3, 0.4) is 0 Å². The minimum Gasteiger partial charge on any atom is -0.485 e. The van der Waals surface area contributed by atoms with Gasteiger partial charge in [-0.1, -0.05) is 6.07 Å². The van der Waals surface area contributed by atoms with Crippen molar-refractivity contribution in [2.45, 2.75) is 27.0 Å². The first kappa shape index (κ1) is 14.5. The summed E-state index contributed by atoms with van der Waals surface area (Å²) in [5.74, 6) is 0.852. The van der Waals surface area contributed by atoms with E-state index in [0.717, 1.165) is 27.5 Å².